The minimum absolute atomic E-state index is 0.0795. The van der Waals surface area contributed by atoms with Crippen molar-refractivity contribution in [1.82, 2.24) is 10.9 Å². The Morgan fingerprint density at radius 3 is 1.75 bits per heavy atom. The number of hydrazine groups is 1. The van der Waals surface area contributed by atoms with Crippen LogP contribution in [0.2, 0.25) is 0 Å². The Hall–Kier alpha value is -3.09. The second-order valence-corrected chi connectivity index (χ2v) is 4.94. The predicted octanol–water partition coefficient (Wildman–Crippen LogP) is 2.39. The fraction of sp³-hybridized carbons (Fsp3) is 0.118. The maximum atomic E-state index is 12.8. The zero-order valence-electron chi connectivity index (χ0n) is 12.5. The van der Waals surface area contributed by atoms with Crippen molar-refractivity contribution in [3.63, 3.8) is 0 Å². The van der Waals surface area contributed by atoms with Gasteiger partial charge >= 0.3 is 0 Å². The summed E-state index contributed by atoms with van der Waals surface area (Å²) in [5, 5.41) is 0. The third kappa shape index (κ3) is 4.98. The fourth-order valence-electron chi connectivity index (χ4n) is 1.87. The lowest BCUT2D eigenvalue weighted by Crippen LogP contribution is -2.41. The first-order chi connectivity index (χ1) is 11.5. The first kappa shape index (κ1) is 17.3. The highest BCUT2D eigenvalue weighted by atomic mass is 19.1. The van der Waals surface area contributed by atoms with Crippen LogP contribution in [0.3, 0.4) is 0 Å². The summed E-state index contributed by atoms with van der Waals surface area (Å²) in [7, 11) is 0. The molecule has 0 unspecified atom stereocenters. The Balaban J connectivity index is 1.77. The molecule has 2 aromatic carbocycles. The maximum absolute atomic E-state index is 12.8. The number of halogens is 2. The number of rotatable bonds is 5. The monoisotopic (exact) mass is 332 g/mol. The van der Waals surface area contributed by atoms with Crippen LogP contribution in [0.5, 0.6) is 0 Å². The van der Waals surface area contributed by atoms with Gasteiger partial charge in [-0.25, -0.2) is 8.78 Å². The first-order valence-corrected chi connectivity index (χ1v) is 7.09. The fourth-order valence-corrected chi connectivity index (χ4v) is 1.87. The molecule has 0 heterocycles. The minimum Gasteiger partial charge on any atom is -0.294 e. The van der Waals surface area contributed by atoms with E-state index in [-0.39, 0.29) is 24.2 Å². The van der Waals surface area contributed by atoms with Gasteiger partial charge in [-0.05, 0) is 48.5 Å². The van der Waals surface area contributed by atoms with Crippen LogP contribution in [0, 0.1) is 11.6 Å². The Bertz CT molecular complexity index is 680. The maximum Gasteiger partial charge on any atom is 0.269 e. The Morgan fingerprint density at radius 2 is 1.21 bits per heavy atom. The molecule has 7 heteroatoms. The molecular formula is C17H14F2N2O3. The van der Waals surface area contributed by atoms with E-state index in [0.717, 1.165) is 24.3 Å². The van der Waals surface area contributed by atoms with E-state index in [1.165, 1.54) is 24.3 Å². The van der Waals surface area contributed by atoms with Crippen LogP contribution in [0.25, 0.3) is 0 Å². The van der Waals surface area contributed by atoms with E-state index < -0.39 is 23.4 Å². The van der Waals surface area contributed by atoms with Crippen molar-refractivity contribution < 1.29 is 23.2 Å². The Kier molecular flexibility index (Phi) is 5.73. The summed E-state index contributed by atoms with van der Waals surface area (Å²) < 4.78 is 25.5. The number of benzene rings is 2. The highest BCUT2D eigenvalue weighted by Gasteiger charge is 2.11. The molecule has 0 radical (unpaired) electrons. The minimum atomic E-state index is -0.604. The van der Waals surface area contributed by atoms with Crippen LogP contribution in [0.1, 0.15) is 33.6 Å². The molecule has 0 spiro atoms. The van der Waals surface area contributed by atoms with Crippen LogP contribution in [0.15, 0.2) is 48.5 Å². The highest BCUT2D eigenvalue weighted by Crippen LogP contribution is 2.07. The second-order valence-electron chi connectivity index (χ2n) is 4.94. The molecule has 24 heavy (non-hydrogen) atoms. The van der Waals surface area contributed by atoms with Crippen molar-refractivity contribution in [3.8, 4) is 0 Å². The second kappa shape index (κ2) is 7.96. The van der Waals surface area contributed by atoms with E-state index >= 15 is 0 Å². The molecule has 2 N–H and O–H groups in total. The lowest BCUT2D eigenvalue weighted by molar-refractivity contribution is -0.121. The average Bonchev–Trinajstić information content (AvgIpc) is 2.58. The Morgan fingerprint density at radius 1 is 0.708 bits per heavy atom. The van der Waals surface area contributed by atoms with Gasteiger partial charge in [0.05, 0.1) is 0 Å². The van der Waals surface area contributed by atoms with Gasteiger partial charge < -0.3 is 0 Å². The van der Waals surface area contributed by atoms with E-state index in [1.807, 2.05) is 0 Å². The number of hydrogen-bond acceptors (Lipinski definition) is 3. The quantitative estimate of drug-likeness (QED) is 0.652. The van der Waals surface area contributed by atoms with Crippen molar-refractivity contribution in [3.05, 3.63) is 71.3 Å². The van der Waals surface area contributed by atoms with Crippen LogP contribution < -0.4 is 10.9 Å². The van der Waals surface area contributed by atoms with Gasteiger partial charge in [-0.3, -0.25) is 25.2 Å². The van der Waals surface area contributed by atoms with Crippen molar-refractivity contribution in [1.29, 1.82) is 0 Å². The molecule has 2 rings (SSSR count). The van der Waals surface area contributed by atoms with E-state index in [0.29, 0.717) is 5.56 Å². The largest absolute Gasteiger partial charge is 0.294 e. The molecule has 0 aliphatic rings. The summed E-state index contributed by atoms with van der Waals surface area (Å²) in [6.45, 7) is 0. The normalized spacial score (nSPS) is 10.1. The third-order valence-electron chi connectivity index (χ3n) is 3.17. The molecule has 0 bridgehead atoms. The van der Waals surface area contributed by atoms with Crippen molar-refractivity contribution in [2.75, 3.05) is 0 Å². The number of amides is 2. The molecule has 0 saturated carbocycles. The topological polar surface area (TPSA) is 75.3 Å². The summed E-state index contributed by atoms with van der Waals surface area (Å²) in [6.07, 6.45) is -0.218. The molecule has 2 aromatic rings. The molecular weight excluding hydrogens is 318 g/mol. The molecule has 0 atom stereocenters. The third-order valence-corrected chi connectivity index (χ3v) is 3.17. The molecule has 0 aliphatic carbocycles. The number of ketones is 1. The van der Waals surface area contributed by atoms with Crippen LogP contribution in [0.4, 0.5) is 8.78 Å². The van der Waals surface area contributed by atoms with Gasteiger partial charge in [0.25, 0.3) is 5.91 Å². The molecule has 0 aromatic heterocycles. The smallest absolute Gasteiger partial charge is 0.269 e. The van der Waals surface area contributed by atoms with Gasteiger partial charge in [0.2, 0.25) is 5.91 Å². The summed E-state index contributed by atoms with van der Waals surface area (Å²) in [5.74, 6) is -2.40. The number of nitrogens with one attached hydrogen (secondary N) is 2. The molecule has 5 nitrogen and oxygen atoms in total. The molecule has 0 fully saturated rings. The Labute approximate surface area is 136 Å². The van der Waals surface area contributed by atoms with Gasteiger partial charge in [0.15, 0.2) is 5.78 Å². The van der Waals surface area contributed by atoms with Gasteiger partial charge in [0, 0.05) is 24.0 Å². The SMILES string of the molecule is O=C(CCC(=O)c1ccc(F)cc1)NNC(=O)c1ccc(F)cc1. The lowest BCUT2D eigenvalue weighted by Gasteiger charge is -2.07. The molecule has 0 saturated heterocycles. The van der Waals surface area contributed by atoms with Gasteiger partial charge in [-0.15, -0.1) is 0 Å². The van der Waals surface area contributed by atoms with Crippen molar-refractivity contribution in [2.24, 2.45) is 0 Å². The van der Waals surface area contributed by atoms with Gasteiger partial charge in [0.1, 0.15) is 11.6 Å². The summed E-state index contributed by atoms with van der Waals surface area (Å²) >= 11 is 0. The average molecular weight is 332 g/mol. The highest BCUT2D eigenvalue weighted by molar-refractivity contribution is 5.98. The first-order valence-electron chi connectivity index (χ1n) is 7.09. The van der Waals surface area contributed by atoms with Gasteiger partial charge in [-0.1, -0.05) is 0 Å². The number of carbonyl (C=O) groups is 3. The standard InChI is InChI=1S/C17H14F2N2O3/c18-13-5-1-11(2-6-13)15(22)9-10-16(23)20-21-17(24)12-3-7-14(19)8-4-12/h1-8H,9-10H2,(H,20,23)(H,21,24). The summed E-state index contributed by atoms with van der Waals surface area (Å²) in [5.41, 5.74) is 4.82. The molecule has 0 aliphatic heterocycles. The zero-order chi connectivity index (χ0) is 17.5. The van der Waals surface area contributed by atoms with E-state index in [4.69, 9.17) is 0 Å². The predicted molar refractivity (Wildman–Crippen MR) is 82.0 cm³/mol. The number of hydrogen-bond donors (Lipinski definition) is 2. The molecule has 2 amide bonds. The molecule has 124 valence electrons. The zero-order valence-corrected chi connectivity index (χ0v) is 12.5. The van der Waals surface area contributed by atoms with Crippen molar-refractivity contribution >= 4 is 17.6 Å². The summed E-state index contributed by atoms with van der Waals surface area (Å²) in [4.78, 5) is 35.2. The van der Waals surface area contributed by atoms with E-state index in [9.17, 15) is 23.2 Å². The van der Waals surface area contributed by atoms with Gasteiger partial charge in [-0.2, -0.15) is 0 Å². The van der Waals surface area contributed by atoms with Crippen LogP contribution >= 0.6 is 0 Å². The van der Waals surface area contributed by atoms with E-state index in [1.54, 1.807) is 0 Å². The van der Waals surface area contributed by atoms with Crippen LogP contribution in [-0.2, 0) is 4.79 Å². The summed E-state index contributed by atoms with van der Waals surface area (Å²) in [6, 6.07) is 9.80. The number of carbonyl (C=O) groups excluding carboxylic acids is 3. The number of Topliss-reactive ketones (excluding diaryl/α,β-unsaturated/α-hetero) is 1. The van der Waals surface area contributed by atoms with Crippen LogP contribution in [-0.4, -0.2) is 17.6 Å². The van der Waals surface area contributed by atoms with E-state index in [2.05, 4.69) is 10.9 Å². The van der Waals surface area contributed by atoms with Crippen molar-refractivity contribution in [2.45, 2.75) is 12.8 Å². The lowest BCUT2D eigenvalue weighted by atomic mass is 10.1.